The lowest BCUT2D eigenvalue weighted by Gasteiger charge is -2.19. The molecule has 0 bridgehead atoms. The molecule has 0 saturated carbocycles. The average Bonchev–Trinajstić information content (AvgIpc) is 3.14. The van der Waals surface area contributed by atoms with E-state index in [1.807, 2.05) is 48.5 Å². The number of fused-ring (bicyclic) bond motifs is 1. The van der Waals surface area contributed by atoms with Crippen LogP contribution in [0.5, 0.6) is 5.75 Å². The van der Waals surface area contributed by atoms with Gasteiger partial charge in [-0.25, -0.2) is 9.97 Å². The molecular formula is C24H26N6O2. The summed E-state index contributed by atoms with van der Waals surface area (Å²) in [6.45, 7) is 5.21. The Morgan fingerprint density at radius 2 is 2.09 bits per heavy atom. The molecule has 2 aromatic carbocycles. The van der Waals surface area contributed by atoms with Gasteiger partial charge in [-0.15, -0.1) is 0 Å². The molecule has 5 rings (SSSR count). The topological polar surface area (TPSA) is 88.2 Å². The first-order chi connectivity index (χ1) is 15.8. The summed E-state index contributed by atoms with van der Waals surface area (Å²) in [5.41, 5.74) is 2.86. The number of aromatic nitrogens is 4. The first-order valence-corrected chi connectivity index (χ1v) is 10.9. The highest BCUT2D eigenvalue weighted by atomic mass is 16.5. The summed E-state index contributed by atoms with van der Waals surface area (Å²) in [5.74, 6) is 2.20. The molecule has 0 aliphatic carbocycles. The van der Waals surface area contributed by atoms with E-state index in [4.69, 9.17) is 9.47 Å². The maximum atomic E-state index is 6.01. The lowest BCUT2D eigenvalue weighted by molar-refractivity contribution is 0.137. The van der Waals surface area contributed by atoms with Crippen LogP contribution >= 0.6 is 0 Å². The summed E-state index contributed by atoms with van der Waals surface area (Å²) in [6, 6.07) is 15.8. The summed E-state index contributed by atoms with van der Waals surface area (Å²) in [7, 11) is 0. The minimum Gasteiger partial charge on any atom is -0.492 e. The zero-order chi connectivity index (χ0) is 21.6. The van der Waals surface area contributed by atoms with Crippen molar-refractivity contribution < 1.29 is 9.47 Å². The third-order valence-corrected chi connectivity index (χ3v) is 5.45. The second-order valence-electron chi connectivity index (χ2n) is 7.75. The van der Waals surface area contributed by atoms with E-state index in [2.05, 4.69) is 30.4 Å². The maximum Gasteiger partial charge on any atom is 0.161 e. The van der Waals surface area contributed by atoms with Crippen molar-refractivity contribution in [3.05, 3.63) is 60.9 Å². The summed E-state index contributed by atoms with van der Waals surface area (Å²) < 4.78 is 11.5. The fourth-order valence-electron chi connectivity index (χ4n) is 3.77. The molecule has 32 heavy (non-hydrogen) atoms. The normalized spacial score (nSPS) is 14.9. The van der Waals surface area contributed by atoms with Gasteiger partial charge in [-0.1, -0.05) is 12.1 Å². The molecule has 8 heteroatoms. The first kappa shape index (κ1) is 20.4. The average molecular weight is 431 g/mol. The van der Waals surface area contributed by atoms with Crippen molar-refractivity contribution in [1.29, 1.82) is 0 Å². The molecular weight excluding hydrogens is 404 g/mol. The van der Waals surface area contributed by atoms with Gasteiger partial charge >= 0.3 is 0 Å². The molecule has 1 aliphatic heterocycles. The van der Waals surface area contributed by atoms with Gasteiger partial charge in [0.2, 0.25) is 0 Å². The Hall–Kier alpha value is -3.49. The molecule has 164 valence electrons. The first-order valence-electron chi connectivity index (χ1n) is 10.9. The van der Waals surface area contributed by atoms with Gasteiger partial charge in [0.05, 0.1) is 18.3 Å². The number of anilines is 2. The second-order valence-corrected chi connectivity index (χ2v) is 7.75. The molecule has 1 aliphatic rings. The number of benzene rings is 2. The number of hydrogen-bond acceptors (Lipinski definition) is 7. The Kier molecular flexibility index (Phi) is 6.23. The van der Waals surface area contributed by atoms with Crippen molar-refractivity contribution in [2.75, 3.05) is 44.8 Å². The predicted molar refractivity (Wildman–Crippen MR) is 124 cm³/mol. The van der Waals surface area contributed by atoms with Crippen LogP contribution in [0.3, 0.4) is 0 Å². The Labute approximate surface area is 186 Å². The zero-order valence-corrected chi connectivity index (χ0v) is 17.8. The smallest absolute Gasteiger partial charge is 0.161 e. The highest BCUT2D eigenvalue weighted by Crippen LogP contribution is 2.24. The predicted octanol–water partition coefficient (Wildman–Crippen LogP) is 3.86. The fourth-order valence-corrected chi connectivity index (χ4v) is 3.77. The third kappa shape index (κ3) is 5.04. The number of aromatic amines is 1. The minimum absolute atomic E-state index is 0.641. The number of nitrogens with zero attached hydrogens (tertiary/aromatic N) is 4. The lowest BCUT2D eigenvalue weighted by atomic mass is 10.2. The standard InChI is InChI=1S/C24H26N6O2/c1-3-18(16-21(4-1)32-14-11-30-9-2-12-31-13-10-30)24-25-8-7-23(28-24)27-20-5-6-22-19(15-20)17-26-29-22/h1,3-8,15-17H,2,9-14H2,(H,26,29)(H,25,27,28). The Morgan fingerprint density at radius 3 is 3.09 bits per heavy atom. The van der Waals surface area contributed by atoms with Crippen LogP contribution in [0.2, 0.25) is 0 Å². The monoisotopic (exact) mass is 430 g/mol. The zero-order valence-electron chi connectivity index (χ0n) is 17.8. The van der Waals surface area contributed by atoms with Crippen molar-refractivity contribution in [3.63, 3.8) is 0 Å². The molecule has 0 unspecified atom stereocenters. The van der Waals surface area contributed by atoms with Gasteiger partial charge in [-0.05, 0) is 42.8 Å². The summed E-state index contributed by atoms with van der Waals surface area (Å²) in [5, 5.41) is 11.4. The van der Waals surface area contributed by atoms with Gasteiger partial charge in [0.15, 0.2) is 5.82 Å². The van der Waals surface area contributed by atoms with E-state index < -0.39 is 0 Å². The summed E-state index contributed by atoms with van der Waals surface area (Å²) >= 11 is 0. The van der Waals surface area contributed by atoms with Gasteiger partial charge in [0, 0.05) is 49.1 Å². The Bertz CT molecular complexity index is 1170. The molecule has 0 atom stereocenters. The van der Waals surface area contributed by atoms with E-state index in [1.54, 1.807) is 12.4 Å². The SMILES string of the molecule is c1cc(OCCN2CCCOCC2)cc(-c2nccc(Nc3ccc4[nH]ncc4c3)n2)c1. The number of H-pyrrole nitrogens is 1. The van der Waals surface area contributed by atoms with Crippen LogP contribution in [0, 0.1) is 0 Å². The second kappa shape index (κ2) is 9.76. The molecule has 2 N–H and O–H groups in total. The van der Waals surface area contributed by atoms with Crippen molar-refractivity contribution in [2.45, 2.75) is 6.42 Å². The van der Waals surface area contributed by atoms with Gasteiger partial charge < -0.3 is 14.8 Å². The summed E-state index contributed by atoms with van der Waals surface area (Å²) in [6.07, 6.45) is 4.64. The van der Waals surface area contributed by atoms with Gasteiger partial charge in [-0.2, -0.15) is 5.10 Å². The number of nitrogens with one attached hydrogen (secondary N) is 2. The van der Waals surface area contributed by atoms with Crippen LogP contribution in [-0.2, 0) is 4.74 Å². The van der Waals surface area contributed by atoms with Crippen LogP contribution in [0.4, 0.5) is 11.5 Å². The van der Waals surface area contributed by atoms with Crippen LogP contribution in [-0.4, -0.2) is 64.5 Å². The Morgan fingerprint density at radius 1 is 1.09 bits per heavy atom. The van der Waals surface area contributed by atoms with Gasteiger partial charge in [0.1, 0.15) is 18.2 Å². The van der Waals surface area contributed by atoms with Crippen LogP contribution in [0.15, 0.2) is 60.9 Å². The molecule has 0 radical (unpaired) electrons. The minimum atomic E-state index is 0.641. The number of hydrogen-bond donors (Lipinski definition) is 2. The number of rotatable bonds is 7. The molecule has 0 amide bonds. The van der Waals surface area contributed by atoms with Crippen LogP contribution in [0.1, 0.15) is 6.42 Å². The molecule has 8 nitrogen and oxygen atoms in total. The van der Waals surface area contributed by atoms with E-state index in [9.17, 15) is 0 Å². The van der Waals surface area contributed by atoms with Crippen molar-refractivity contribution >= 4 is 22.4 Å². The van der Waals surface area contributed by atoms with Crippen LogP contribution < -0.4 is 10.1 Å². The summed E-state index contributed by atoms with van der Waals surface area (Å²) in [4.78, 5) is 11.5. The third-order valence-electron chi connectivity index (χ3n) is 5.45. The molecule has 2 aromatic heterocycles. The largest absolute Gasteiger partial charge is 0.492 e. The maximum absolute atomic E-state index is 6.01. The van der Waals surface area contributed by atoms with Crippen molar-refractivity contribution in [3.8, 4) is 17.1 Å². The van der Waals surface area contributed by atoms with Crippen molar-refractivity contribution in [2.24, 2.45) is 0 Å². The van der Waals surface area contributed by atoms with E-state index in [0.717, 1.165) is 73.0 Å². The number of ether oxygens (including phenoxy) is 2. The quantitative estimate of drug-likeness (QED) is 0.460. The van der Waals surface area contributed by atoms with Gasteiger partial charge in [0.25, 0.3) is 0 Å². The lowest BCUT2D eigenvalue weighted by Crippen LogP contribution is -2.30. The molecule has 3 heterocycles. The highest BCUT2D eigenvalue weighted by Gasteiger charge is 2.10. The molecule has 1 fully saturated rings. The van der Waals surface area contributed by atoms with Gasteiger partial charge in [-0.3, -0.25) is 10.00 Å². The molecule has 0 spiro atoms. The fraction of sp³-hybridized carbons (Fsp3) is 0.292. The van der Waals surface area contributed by atoms with Crippen molar-refractivity contribution in [1.82, 2.24) is 25.1 Å². The van der Waals surface area contributed by atoms with E-state index >= 15 is 0 Å². The Balaban J connectivity index is 1.24. The molecule has 1 saturated heterocycles. The van der Waals surface area contributed by atoms with E-state index in [0.29, 0.717) is 12.4 Å². The molecule has 4 aromatic rings. The highest BCUT2D eigenvalue weighted by molar-refractivity contribution is 5.82. The van der Waals surface area contributed by atoms with E-state index in [1.165, 1.54) is 0 Å². The van der Waals surface area contributed by atoms with Crippen LogP contribution in [0.25, 0.3) is 22.3 Å². The van der Waals surface area contributed by atoms with E-state index in [-0.39, 0.29) is 0 Å².